The fourth-order valence-corrected chi connectivity index (χ4v) is 3.92. The number of ketones is 1. The molecule has 1 N–H and O–H groups in total. The lowest BCUT2D eigenvalue weighted by Gasteiger charge is -2.43. The van der Waals surface area contributed by atoms with Crippen LogP contribution in [0.15, 0.2) is 24.3 Å². The van der Waals surface area contributed by atoms with Crippen molar-refractivity contribution in [2.24, 2.45) is 23.7 Å². The van der Waals surface area contributed by atoms with E-state index in [0.717, 1.165) is 0 Å². The number of aliphatic hydroxyl groups is 1. The minimum atomic E-state index is -1.66. The van der Waals surface area contributed by atoms with E-state index in [0.29, 0.717) is 11.3 Å². The smallest absolute Gasteiger partial charge is 0.317 e. The molecule has 31 heavy (non-hydrogen) atoms. The first-order chi connectivity index (χ1) is 14.5. The maximum absolute atomic E-state index is 13.1. The Bertz CT molecular complexity index is 780. The average molecular weight is 435 g/mol. The molecule has 0 unspecified atom stereocenters. The summed E-state index contributed by atoms with van der Waals surface area (Å²) in [4.78, 5) is 39.1. The van der Waals surface area contributed by atoms with Gasteiger partial charge in [0.1, 0.15) is 11.7 Å². The lowest BCUT2D eigenvalue weighted by atomic mass is 9.61. The predicted molar refractivity (Wildman–Crippen MR) is 115 cm³/mol. The van der Waals surface area contributed by atoms with E-state index in [-0.39, 0.29) is 31.5 Å². The van der Waals surface area contributed by atoms with Crippen LogP contribution in [0.5, 0.6) is 5.75 Å². The lowest BCUT2D eigenvalue weighted by Crippen LogP contribution is -2.55. The largest absolute Gasteiger partial charge is 0.497 e. The van der Waals surface area contributed by atoms with Crippen LogP contribution in [0.4, 0.5) is 0 Å². The van der Waals surface area contributed by atoms with Crippen molar-refractivity contribution in [1.29, 1.82) is 0 Å². The molecule has 0 bridgehead atoms. The minimum absolute atomic E-state index is 0.0944. The van der Waals surface area contributed by atoms with Crippen molar-refractivity contribution in [2.75, 3.05) is 20.3 Å². The molecule has 1 aliphatic rings. The van der Waals surface area contributed by atoms with Crippen LogP contribution < -0.4 is 4.74 Å². The van der Waals surface area contributed by atoms with Crippen LogP contribution in [0.25, 0.3) is 0 Å². The molecule has 1 aliphatic carbocycles. The number of benzene rings is 1. The van der Waals surface area contributed by atoms with Crippen molar-refractivity contribution >= 4 is 17.7 Å². The van der Waals surface area contributed by atoms with Crippen molar-refractivity contribution in [3.8, 4) is 5.75 Å². The molecule has 1 saturated carbocycles. The summed E-state index contributed by atoms with van der Waals surface area (Å²) in [5, 5.41) is 11.1. The van der Waals surface area contributed by atoms with Crippen LogP contribution in [0.1, 0.15) is 52.5 Å². The molecular formula is C24H34O7. The van der Waals surface area contributed by atoms with Crippen LogP contribution in [-0.4, -0.2) is 48.8 Å². The lowest BCUT2D eigenvalue weighted by molar-refractivity contribution is -0.173. The van der Waals surface area contributed by atoms with Gasteiger partial charge in [0, 0.05) is 12.3 Å². The predicted octanol–water partition coefficient (Wildman–Crippen LogP) is 3.13. The molecule has 0 saturated heterocycles. The van der Waals surface area contributed by atoms with Gasteiger partial charge in [-0.15, -0.1) is 0 Å². The monoisotopic (exact) mass is 434 g/mol. The van der Waals surface area contributed by atoms with Gasteiger partial charge in [-0.1, -0.05) is 39.8 Å². The standard InChI is InChI=1S/C24H34O7/c1-14(2)12-30-22(26)20-18(25)11-24(5,28)21(23(27)31-13-15(3)4)19(20)16-7-9-17(29-6)10-8-16/h7-10,14-15,19-21,28H,11-13H2,1-6H3/t19-,20+,21+,24-/m0/s1. The molecule has 0 heterocycles. The molecule has 0 aliphatic heterocycles. The second kappa shape index (κ2) is 10.3. The first-order valence-corrected chi connectivity index (χ1v) is 10.7. The van der Waals surface area contributed by atoms with Gasteiger partial charge in [0.25, 0.3) is 0 Å². The van der Waals surface area contributed by atoms with Crippen LogP contribution in [0, 0.1) is 23.7 Å². The molecule has 4 atom stereocenters. The summed E-state index contributed by atoms with van der Waals surface area (Å²) in [7, 11) is 1.53. The van der Waals surface area contributed by atoms with Gasteiger partial charge in [-0.2, -0.15) is 0 Å². The zero-order valence-corrected chi connectivity index (χ0v) is 19.2. The van der Waals surface area contributed by atoms with Crippen molar-refractivity contribution < 1.29 is 33.7 Å². The molecule has 1 aromatic rings. The Hall–Kier alpha value is -2.41. The number of hydrogen-bond acceptors (Lipinski definition) is 7. The number of esters is 2. The number of hydrogen-bond donors (Lipinski definition) is 1. The summed E-state index contributed by atoms with van der Waals surface area (Å²) in [6, 6.07) is 6.78. The Labute approximate surface area is 184 Å². The van der Waals surface area contributed by atoms with Gasteiger partial charge < -0.3 is 19.3 Å². The summed E-state index contributed by atoms with van der Waals surface area (Å²) in [6.45, 7) is 9.39. The fourth-order valence-electron chi connectivity index (χ4n) is 3.92. The molecule has 0 radical (unpaired) electrons. The summed E-state index contributed by atoms with van der Waals surface area (Å²) < 4.78 is 16.0. The third-order valence-electron chi connectivity index (χ3n) is 5.39. The van der Waals surface area contributed by atoms with Gasteiger partial charge in [0.15, 0.2) is 5.78 Å². The number of carbonyl (C=O) groups is 3. The Balaban J connectivity index is 2.52. The van der Waals surface area contributed by atoms with Gasteiger partial charge in [-0.25, -0.2) is 0 Å². The van der Waals surface area contributed by atoms with Gasteiger partial charge in [-0.3, -0.25) is 14.4 Å². The maximum atomic E-state index is 13.1. The highest BCUT2D eigenvalue weighted by Crippen LogP contribution is 2.47. The van der Waals surface area contributed by atoms with E-state index in [2.05, 4.69) is 0 Å². The number of ether oxygens (including phenoxy) is 3. The zero-order valence-electron chi connectivity index (χ0n) is 19.2. The van der Waals surface area contributed by atoms with Crippen LogP contribution in [0.2, 0.25) is 0 Å². The second-order valence-electron chi connectivity index (χ2n) is 9.30. The van der Waals surface area contributed by atoms with E-state index in [1.165, 1.54) is 14.0 Å². The van der Waals surface area contributed by atoms with Crippen molar-refractivity contribution in [1.82, 2.24) is 0 Å². The molecule has 172 valence electrons. The number of carbonyl (C=O) groups excluding carboxylic acids is 3. The van der Waals surface area contributed by atoms with Crippen molar-refractivity contribution in [3.63, 3.8) is 0 Å². The van der Waals surface area contributed by atoms with E-state index < -0.39 is 41.1 Å². The SMILES string of the molecule is COc1ccc([C@H]2[C@H](C(=O)OCC(C)C)C(=O)C[C@](C)(O)[C@H]2C(=O)OCC(C)C)cc1. The highest BCUT2D eigenvalue weighted by molar-refractivity contribution is 6.02. The molecule has 0 aromatic heterocycles. The minimum Gasteiger partial charge on any atom is -0.497 e. The van der Waals surface area contributed by atoms with E-state index >= 15 is 0 Å². The van der Waals surface area contributed by atoms with Crippen LogP contribution in [-0.2, 0) is 23.9 Å². The Morgan fingerprint density at radius 3 is 2.03 bits per heavy atom. The average Bonchev–Trinajstić information content (AvgIpc) is 2.69. The normalized spacial score (nSPS) is 26.1. The second-order valence-corrected chi connectivity index (χ2v) is 9.30. The summed E-state index contributed by atoms with van der Waals surface area (Å²) in [5.41, 5.74) is -1.10. The fraction of sp³-hybridized carbons (Fsp3) is 0.625. The molecule has 1 fully saturated rings. The first kappa shape index (κ1) is 24.9. The summed E-state index contributed by atoms with van der Waals surface area (Å²) in [6.07, 6.45) is -0.331. The third-order valence-corrected chi connectivity index (χ3v) is 5.39. The molecule has 0 spiro atoms. The summed E-state index contributed by atoms with van der Waals surface area (Å²) >= 11 is 0. The molecule has 1 aromatic carbocycles. The van der Waals surface area contributed by atoms with Crippen LogP contribution in [0.3, 0.4) is 0 Å². The molecule has 0 amide bonds. The zero-order chi connectivity index (χ0) is 23.3. The van der Waals surface area contributed by atoms with Crippen LogP contribution >= 0.6 is 0 Å². The highest BCUT2D eigenvalue weighted by Gasteiger charge is 2.57. The number of Topliss-reactive ketones (excluding diaryl/α,β-unsaturated/α-hetero) is 1. The topological polar surface area (TPSA) is 99.1 Å². The molecule has 7 heteroatoms. The van der Waals surface area contributed by atoms with Gasteiger partial charge in [0.05, 0.1) is 31.8 Å². The molecule has 2 rings (SSSR count). The van der Waals surface area contributed by atoms with Crippen molar-refractivity contribution in [3.05, 3.63) is 29.8 Å². The van der Waals surface area contributed by atoms with E-state index in [1.807, 2.05) is 27.7 Å². The third kappa shape index (κ3) is 6.06. The van der Waals surface area contributed by atoms with Gasteiger partial charge in [-0.05, 0) is 36.5 Å². The number of methoxy groups -OCH3 is 1. The van der Waals surface area contributed by atoms with E-state index in [1.54, 1.807) is 24.3 Å². The number of rotatable bonds is 8. The quantitative estimate of drug-likeness (QED) is 0.496. The van der Waals surface area contributed by atoms with Crippen molar-refractivity contribution in [2.45, 2.75) is 52.6 Å². The molecular weight excluding hydrogens is 400 g/mol. The van der Waals surface area contributed by atoms with Gasteiger partial charge in [0.2, 0.25) is 0 Å². The van der Waals surface area contributed by atoms with E-state index in [4.69, 9.17) is 14.2 Å². The first-order valence-electron chi connectivity index (χ1n) is 10.7. The summed E-state index contributed by atoms with van der Waals surface area (Å²) in [5.74, 6) is -4.20. The highest BCUT2D eigenvalue weighted by atomic mass is 16.5. The molecule has 7 nitrogen and oxygen atoms in total. The maximum Gasteiger partial charge on any atom is 0.317 e. The Morgan fingerprint density at radius 1 is 1.03 bits per heavy atom. The Morgan fingerprint density at radius 2 is 1.55 bits per heavy atom. The Kier molecular flexibility index (Phi) is 8.23. The van der Waals surface area contributed by atoms with E-state index in [9.17, 15) is 19.5 Å². The van der Waals surface area contributed by atoms with Gasteiger partial charge >= 0.3 is 11.9 Å².